The molecule has 1 heterocycles. The van der Waals surface area contributed by atoms with Crippen molar-refractivity contribution in [1.82, 2.24) is 36.6 Å². The van der Waals surface area contributed by atoms with E-state index in [9.17, 15) is 47.9 Å². The van der Waals surface area contributed by atoms with Gasteiger partial charge in [0.05, 0.1) is 25.0 Å². The summed E-state index contributed by atoms with van der Waals surface area (Å²) in [6.07, 6.45) is 1.95. The first-order valence-corrected chi connectivity index (χ1v) is 16.0. The Kier molecular flexibility index (Phi) is 16.9. The third-order valence-electron chi connectivity index (χ3n) is 6.26. The highest BCUT2D eigenvalue weighted by Crippen LogP contribution is 2.35. The van der Waals surface area contributed by atoms with Crippen LogP contribution in [0.3, 0.4) is 0 Å². The van der Waals surface area contributed by atoms with Crippen molar-refractivity contribution in [1.29, 1.82) is 0 Å². The number of amides is 5. The molecule has 0 saturated carbocycles. The third kappa shape index (κ3) is 16.2. The van der Waals surface area contributed by atoms with Crippen LogP contribution in [-0.4, -0.2) is 110 Å². The largest absolute Gasteiger partial charge is 0.481 e. The monoisotopic (exact) mass is 690 g/mol. The van der Waals surface area contributed by atoms with E-state index >= 15 is 0 Å². The van der Waals surface area contributed by atoms with Crippen LogP contribution in [0.4, 0.5) is 0 Å². The molecule has 6 atom stereocenters. The summed E-state index contributed by atoms with van der Waals surface area (Å²) in [4.78, 5) is 112. The summed E-state index contributed by atoms with van der Waals surface area (Å²) in [6, 6.07) is -7.99. The van der Waals surface area contributed by atoms with Gasteiger partial charge in [0, 0.05) is 24.7 Å². The van der Waals surface area contributed by atoms with Crippen LogP contribution in [0.2, 0.25) is 0 Å². The second-order valence-electron chi connectivity index (χ2n) is 11.1. The van der Waals surface area contributed by atoms with E-state index in [1.54, 1.807) is 13.8 Å². The second kappa shape index (κ2) is 19.4. The first kappa shape index (κ1) is 40.8. The summed E-state index contributed by atoms with van der Waals surface area (Å²) in [7, 11) is -5.18. The molecule has 0 radical (unpaired) electrons. The van der Waals surface area contributed by atoms with E-state index in [0.29, 0.717) is 12.0 Å². The number of nitrogens with one attached hydrogen (secondary N) is 6. The predicted molar refractivity (Wildman–Crippen MR) is 162 cm³/mol. The number of aromatic nitrogens is 2. The van der Waals surface area contributed by atoms with Crippen molar-refractivity contribution in [2.24, 2.45) is 11.7 Å². The zero-order valence-corrected chi connectivity index (χ0v) is 27.2. The number of carbonyl (C=O) groups is 7. The fourth-order valence-electron chi connectivity index (χ4n) is 3.90. The van der Waals surface area contributed by atoms with Crippen LogP contribution >= 0.6 is 7.82 Å². The minimum Gasteiger partial charge on any atom is -0.481 e. The number of nitrogens with two attached hydrogens (primary N) is 1. The fraction of sp³-hybridized carbons (Fsp3) is 0.615. The zero-order chi connectivity index (χ0) is 35.9. The Morgan fingerprint density at radius 3 is 1.94 bits per heavy atom. The number of aliphatic carboxylic acids is 1. The normalized spacial score (nSPS) is 15.2. The van der Waals surface area contributed by atoms with E-state index in [0.717, 1.165) is 0 Å². The summed E-state index contributed by atoms with van der Waals surface area (Å²) >= 11 is 0. The first-order valence-electron chi connectivity index (χ1n) is 14.4. The number of carboxylic acid groups (broad SMARTS) is 1. The summed E-state index contributed by atoms with van der Waals surface area (Å²) in [5.74, 6) is -6.09. The maximum atomic E-state index is 13.5. The third-order valence-corrected chi connectivity index (χ3v) is 6.75. The van der Waals surface area contributed by atoms with Crippen LogP contribution in [0.15, 0.2) is 12.5 Å². The van der Waals surface area contributed by atoms with Gasteiger partial charge < -0.3 is 57.0 Å². The number of nitrogens with zero attached hydrogens (tertiary/aromatic N) is 1. The minimum absolute atomic E-state index is 0.0759. The first-order chi connectivity index (χ1) is 21.8. The molecule has 1 aromatic rings. The standard InChI is InChI=1S/C26H43N8O12P/c1-13(2)7-18(24(40)30-14(3)10-35)32-26(42)20(11-46-47(43,44)45)34-25(41)19(8-16-9-28-12-29-16)33-23(39)17(5-6-21(36)37)31-22(38)15(4)27/h9-10,12-15,17-20H,5-8,11,27H2,1-4H3,(H,28,29)(H,30,40)(H,31,38)(H,32,42)(H,33,39)(H,34,41)(H,36,37)(H2,43,44,45)/t14-,15-,17-,18-,19-,20-/m0/s1. The molecule has 0 aliphatic heterocycles. The molecule has 0 saturated heterocycles. The van der Waals surface area contributed by atoms with Gasteiger partial charge in [0.2, 0.25) is 29.5 Å². The quantitative estimate of drug-likeness (QED) is 0.0453. The number of hydrogen-bond donors (Lipinski definition) is 10. The molecule has 0 aliphatic carbocycles. The van der Waals surface area contributed by atoms with Crippen molar-refractivity contribution in [3.05, 3.63) is 18.2 Å². The van der Waals surface area contributed by atoms with Crippen LogP contribution in [0.1, 0.15) is 52.7 Å². The van der Waals surface area contributed by atoms with E-state index < -0.39 is 92.6 Å². The number of carbonyl (C=O) groups excluding carboxylic acids is 6. The lowest BCUT2D eigenvalue weighted by molar-refractivity contribution is -0.138. The molecule has 0 unspecified atom stereocenters. The van der Waals surface area contributed by atoms with E-state index in [2.05, 4.69) is 41.1 Å². The van der Waals surface area contributed by atoms with Crippen molar-refractivity contribution in [2.45, 2.75) is 89.6 Å². The average Bonchev–Trinajstić information content (AvgIpc) is 3.48. The molecule has 0 spiro atoms. The molecular weight excluding hydrogens is 647 g/mol. The Hall–Kier alpha value is -4.23. The predicted octanol–water partition coefficient (Wildman–Crippen LogP) is -3.04. The number of phosphoric acid groups is 1. The average molecular weight is 691 g/mol. The SMILES string of the molecule is CC(C)C[C@H](NC(=O)[C@H](COP(=O)(O)O)NC(=O)[C@H](Cc1cnc[nH]1)NC(=O)[C@H](CCC(=O)O)NC(=O)[C@H](C)N)C(=O)N[C@@H](C)C=O. The Bertz CT molecular complexity index is 1290. The summed E-state index contributed by atoms with van der Waals surface area (Å²) in [6.45, 7) is 5.15. The number of H-pyrrole nitrogens is 1. The fourth-order valence-corrected chi connectivity index (χ4v) is 4.24. The number of imidazole rings is 1. The molecule has 0 fully saturated rings. The summed E-state index contributed by atoms with van der Waals surface area (Å²) < 4.78 is 15.9. The number of hydrogen-bond acceptors (Lipinski definition) is 11. The van der Waals surface area contributed by atoms with Gasteiger partial charge in [-0.15, -0.1) is 0 Å². The van der Waals surface area contributed by atoms with E-state index in [1.807, 2.05) is 0 Å². The molecule has 1 rings (SSSR count). The van der Waals surface area contributed by atoms with Crippen LogP contribution in [0, 0.1) is 5.92 Å². The molecule has 47 heavy (non-hydrogen) atoms. The lowest BCUT2D eigenvalue weighted by Crippen LogP contribution is -2.60. The number of aldehydes is 1. The van der Waals surface area contributed by atoms with Gasteiger partial charge in [-0.2, -0.15) is 0 Å². The summed E-state index contributed by atoms with van der Waals surface area (Å²) in [5.41, 5.74) is 5.87. The molecule has 0 aromatic carbocycles. The van der Waals surface area contributed by atoms with Gasteiger partial charge in [-0.05, 0) is 32.6 Å². The van der Waals surface area contributed by atoms with Crippen molar-refractivity contribution in [3.8, 4) is 0 Å². The molecule has 0 aliphatic rings. The molecule has 21 heteroatoms. The van der Waals surface area contributed by atoms with Gasteiger partial charge in [-0.3, -0.25) is 33.3 Å². The van der Waals surface area contributed by atoms with Gasteiger partial charge in [-0.25, -0.2) is 9.55 Å². The van der Waals surface area contributed by atoms with Crippen LogP contribution < -0.4 is 32.3 Å². The molecule has 11 N–H and O–H groups in total. The van der Waals surface area contributed by atoms with Gasteiger partial charge >= 0.3 is 13.8 Å². The van der Waals surface area contributed by atoms with Gasteiger partial charge in [0.1, 0.15) is 30.5 Å². The van der Waals surface area contributed by atoms with Crippen molar-refractivity contribution < 1.29 is 57.5 Å². The Morgan fingerprint density at radius 2 is 1.43 bits per heavy atom. The Labute approximate surface area is 270 Å². The lowest BCUT2D eigenvalue weighted by atomic mass is 10.0. The molecule has 264 valence electrons. The highest BCUT2D eigenvalue weighted by Gasteiger charge is 2.34. The highest BCUT2D eigenvalue weighted by atomic mass is 31.2. The Balaban J connectivity index is 3.35. The molecule has 0 bridgehead atoms. The van der Waals surface area contributed by atoms with Crippen LogP contribution in [0.5, 0.6) is 0 Å². The Morgan fingerprint density at radius 1 is 0.894 bits per heavy atom. The zero-order valence-electron chi connectivity index (χ0n) is 26.3. The van der Waals surface area contributed by atoms with Gasteiger partial charge in [0.25, 0.3) is 0 Å². The lowest BCUT2D eigenvalue weighted by Gasteiger charge is -2.27. The second-order valence-corrected chi connectivity index (χ2v) is 12.3. The minimum atomic E-state index is -5.18. The van der Waals surface area contributed by atoms with E-state index in [1.165, 1.54) is 26.4 Å². The van der Waals surface area contributed by atoms with Gasteiger partial charge in [0.15, 0.2) is 0 Å². The maximum Gasteiger partial charge on any atom is 0.469 e. The van der Waals surface area contributed by atoms with E-state index in [-0.39, 0.29) is 25.2 Å². The number of rotatable bonds is 21. The van der Waals surface area contributed by atoms with Crippen LogP contribution in [0.25, 0.3) is 0 Å². The summed E-state index contributed by atoms with van der Waals surface area (Å²) in [5, 5.41) is 20.8. The molecular formula is C26H43N8O12P. The smallest absolute Gasteiger partial charge is 0.469 e. The topological polar surface area (TPSA) is 321 Å². The number of carboxylic acids is 1. The highest BCUT2D eigenvalue weighted by molar-refractivity contribution is 7.46. The maximum absolute atomic E-state index is 13.5. The molecule has 1 aromatic heterocycles. The van der Waals surface area contributed by atoms with Crippen molar-refractivity contribution >= 4 is 49.6 Å². The van der Waals surface area contributed by atoms with Crippen molar-refractivity contribution in [2.75, 3.05) is 6.61 Å². The molecule has 5 amide bonds. The number of phosphoric ester groups is 1. The van der Waals surface area contributed by atoms with Crippen molar-refractivity contribution in [3.63, 3.8) is 0 Å². The van der Waals surface area contributed by atoms with Crippen LogP contribution in [-0.2, 0) is 49.1 Å². The van der Waals surface area contributed by atoms with Gasteiger partial charge in [-0.1, -0.05) is 13.8 Å². The van der Waals surface area contributed by atoms with E-state index in [4.69, 9.17) is 10.8 Å². The molecule has 20 nitrogen and oxygen atoms in total. The number of aromatic amines is 1.